The van der Waals surface area contributed by atoms with Crippen LogP contribution in [0, 0.1) is 10.1 Å². The summed E-state index contributed by atoms with van der Waals surface area (Å²) in [6.45, 7) is 2.21. The van der Waals surface area contributed by atoms with Crippen LogP contribution in [0.15, 0.2) is 16.5 Å². The Kier molecular flexibility index (Phi) is 4.01. The quantitative estimate of drug-likeness (QED) is 0.566. The molecule has 0 spiro atoms. The van der Waals surface area contributed by atoms with Gasteiger partial charge in [0.1, 0.15) is 4.92 Å². The van der Waals surface area contributed by atoms with Gasteiger partial charge in [-0.2, -0.15) is 0 Å². The number of hydrogen-bond acceptors (Lipinski definition) is 5. The molecule has 0 fully saturated rings. The molecule has 1 rings (SSSR count). The van der Waals surface area contributed by atoms with Gasteiger partial charge < -0.3 is 15.5 Å². The first-order valence-corrected chi connectivity index (χ1v) is 4.82. The van der Waals surface area contributed by atoms with Gasteiger partial charge >= 0.3 is 5.88 Å². The van der Waals surface area contributed by atoms with Crippen molar-refractivity contribution in [1.29, 1.82) is 0 Å². The Labute approximate surface area is 91.8 Å². The third-order valence-corrected chi connectivity index (χ3v) is 2.04. The van der Waals surface area contributed by atoms with Crippen molar-refractivity contribution < 1.29 is 14.1 Å². The van der Waals surface area contributed by atoms with Gasteiger partial charge in [-0.1, -0.05) is 6.92 Å². The molecule has 1 amide bonds. The molecule has 1 aromatic heterocycles. The van der Waals surface area contributed by atoms with E-state index in [-0.39, 0.29) is 11.8 Å². The standard InChI is InChI=1S/C9H13N3O4/c1-2-6(10)5-11-9(13)7-3-4-8(16-7)12(14)15/h3-4,6H,2,5,10H2,1H3,(H,11,13). The van der Waals surface area contributed by atoms with Crippen molar-refractivity contribution in [3.63, 3.8) is 0 Å². The summed E-state index contributed by atoms with van der Waals surface area (Å²) >= 11 is 0. The van der Waals surface area contributed by atoms with Crippen LogP contribution in [0.25, 0.3) is 0 Å². The molecule has 16 heavy (non-hydrogen) atoms. The first-order chi connectivity index (χ1) is 7.54. The predicted molar refractivity (Wildman–Crippen MR) is 56.0 cm³/mol. The molecule has 0 bridgehead atoms. The fourth-order valence-corrected chi connectivity index (χ4v) is 1.00. The second-order valence-electron chi connectivity index (χ2n) is 3.27. The Morgan fingerprint density at radius 3 is 2.88 bits per heavy atom. The SMILES string of the molecule is CCC(N)CNC(=O)c1ccc([N+](=O)[O-])o1. The Morgan fingerprint density at radius 2 is 2.38 bits per heavy atom. The number of carbonyl (C=O) groups excluding carboxylic acids is 1. The zero-order valence-electron chi connectivity index (χ0n) is 8.80. The smallest absolute Gasteiger partial charge is 0.395 e. The van der Waals surface area contributed by atoms with Crippen molar-refractivity contribution >= 4 is 11.8 Å². The zero-order chi connectivity index (χ0) is 12.1. The van der Waals surface area contributed by atoms with Crippen LogP contribution in [0.5, 0.6) is 0 Å². The minimum absolute atomic E-state index is 0.0880. The van der Waals surface area contributed by atoms with Gasteiger partial charge in [0.25, 0.3) is 5.91 Å². The van der Waals surface area contributed by atoms with Crippen LogP contribution in [-0.4, -0.2) is 23.4 Å². The van der Waals surface area contributed by atoms with E-state index in [1.807, 2.05) is 6.92 Å². The van der Waals surface area contributed by atoms with E-state index in [0.29, 0.717) is 6.54 Å². The number of hydrogen-bond donors (Lipinski definition) is 2. The van der Waals surface area contributed by atoms with E-state index in [9.17, 15) is 14.9 Å². The van der Waals surface area contributed by atoms with Crippen molar-refractivity contribution in [1.82, 2.24) is 5.32 Å². The topological polar surface area (TPSA) is 111 Å². The monoisotopic (exact) mass is 227 g/mol. The summed E-state index contributed by atoms with van der Waals surface area (Å²) in [5.41, 5.74) is 5.60. The lowest BCUT2D eigenvalue weighted by Gasteiger charge is -2.08. The van der Waals surface area contributed by atoms with Crippen molar-refractivity contribution in [2.24, 2.45) is 5.73 Å². The Bertz CT molecular complexity index is 388. The molecular formula is C9H13N3O4. The molecule has 0 saturated heterocycles. The largest absolute Gasteiger partial charge is 0.433 e. The number of nitrogens with two attached hydrogens (primary N) is 1. The highest BCUT2D eigenvalue weighted by Gasteiger charge is 2.17. The van der Waals surface area contributed by atoms with E-state index in [1.54, 1.807) is 0 Å². The molecule has 0 aliphatic rings. The summed E-state index contributed by atoms with van der Waals surface area (Å²) in [5, 5.41) is 12.8. The van der Waals surface area contributed by atoms with E-state index in [0.717, 1.165) is 12.5 Å². The van der Waals surface area contributed by atoms with Crippen molar-refractivity contribution in [3.05, 3.63) is 28.0 Å². The van der Waals surface area contributed by atoms with Gasteiger partial charge in [-0.3, -0.25) is 14.9 Å². The second-order valence-corrected chi connectivity index (χ2v) is 3.27. The lowest BCUT2D eigenvalue weighted by Crippen LogP contribution is -2.36. The third-order valence-electron chi connectivity index (χ3n) is 2.04. The molecule has 0 radical (unpaired) electrons. The highest BCUT2D eigenvalue weighted by molar-refractivity contribution is 5.91. The third kappa shape index (κ3) is 3.06. The fourth-order valence-electron chi connectivity index (χ4n) is 1.00. The number of furan rings is 1. The maximum absolute atomic E-state index is 11.4. The number of nitro groups is 1. The normalized spacial score (nSPS) is 12.1. The first kappa shape index (κ1) is 12.2. The molecule has 3 N–H and O–H groups in total. The van der Waals surface area contributed by atoms with Crippen LogP contribution in [0.2, 0.25) is 0 Å². The Hall–Kier alpha value is -1.89. The summed E-state index contributed by atoms with van der Waals surface area (Å²) in [6.07, 6.45) is 0.735. The molecule has 1 aromatic rings. The molecule has 0 aliphatic carbocycles. The van der Waals surface area contributed by atoms with E-state index in [4.69, 9.17) is 10.2 Å². The molecule has 88 valence electrons. The Balaban J connectivity index is 2.56. The van der Waals surface area contributed by atoms with E-state index < -0.39 is 16.7 Å². The zero-order valence-corrected chi connectivity index (χ0v) is 8.80. The summed E-state index contributed by atoms with van der Waals surface area (Å²) in [7, 11) is 0. The lowest BCUT2D eigenvalue weighted by molar-refractivity contribution is -0.402. The second kappa shape index (κ2) is 5.26. The fraction of sp³-hybridized carbons (Fsp3) is 0.444. The number of rotatable bonds is 5. The van der Waals surface area contributed by atoms with Gasteiger partial charge in [0.15, 0.2) is 5.76 Å². The van der Waals surface area contributed by atoms with Gasteiger partial charge in [-0.05, 0) is 12.5 Å². The van der Waals surface area contributed by atoms with Crippen LogP contribution >= 0.6 is 0 Å². The van der Waals surface area contributed by atoms with Crippen molar-refractivity contribution in [2.45, 2.75) is 19.4 Å². The van der Waals surface area contributed by atoms with Crippen LogP contribution in [0.3, 0.4) is 0 Å². The highest BCUT2D eigenvalue weighted by atomic mass is 16.6. The van der Waals surface area contributed by atoms with Crippen molar-refractivity contribution in [2.75, 3.05) is 6.54 Å². The van der Waals surface area contributed by atoms with Crippen LogP contribution in [-0.2, 0) is 0 Å². The van der Waals surface area contributed by atoms with Gasteiger partial charge in [0.05, 0.1) is 6.07 Å². The van der Waals surface area contributed by atoms with E-state index >= 15 is 0 Å². The molecule has 0 aromatic carbocycles. The van der Waals surface area contributed by atoms with Crippen LogP contribution in [0.4, 0.5) is 5.88 Å². The lowest BCUT2D eigenvalue weighted by atomic mass is 10.2. The summed E-state index contributed by atoms with van der Waals surface area (Å²) in [5.74, 6) is -1.04. The van der Waals surface area contributed by atoms with Crippen LogP contribution < -0.4 is 11.1 Å². The number of nitrogens with one attached hydrogen (secondary N) is 1. The molecule has 0 saturated carbocycles. The molecule has 1 atom stereocenters. The molecule has 0 aliphatic heterocycles. The summed E-state index contributed by atoms with van der Waals surface area (Å²) < 4.78 is 4.72. The minimum Gasteiger partial charge on any atom is -0.395 e. The molecular weight excluding hydrogens is 214 g/mol. The number of carbonyl (C=O) groups is 1. The summed E-state index contributed by atoms with van der Waals surface area (Å²) in [4.78, 5) is 21.0. The number of amides is 1. The molecule has 7 nitrogen and oxygen atoms in total. The predicted octanol–water partition coefficient (Wildman–Crippen LogP) is 0.655. The maximum atomic E-state index is 11.4. The average molecular weight is 227 g/mol. The maximum Gasteiger partial charge on any atom is 0.433 e. The molecule has 1 unspecified atom stereocenters. The highest BCUT2D eigenvalue weighted by Crippen LogP contribution is 2.15. The van der Waals surface area contributed by atoms with Gasteiger partial charge in [-0.15, -0.1) is 0 Å². The van der Waals surface area contributed by atoms with E-state index in [1.165, 1.54) is 6.07 Å². The molecule has 1 heterocycles. The first-order valence-electron chi connectivity index (χ1n) is 4.82. The summed E-state index contributed by atoms with van der Waals surface area (Å²) in [6, 6.07) is 2.26. The van der Waals surface area contributed by atoms with Gasteiger partial charge in [0, 0.05) is 12.6 Å². The molecule has 7 heteroatoms. The number of nitrogens with zero attached hydrogens (tertiary/aromatic N) is 1. The van der Waals surface area contributed by atoms with Crippen molar-refractivity contribution in [3.8, 4) is 0 Å². The van der Waals surface area contributed by atoms with Gasteiger partial charge in [-0.25, -0.2) is 0 Å². The van der Waals surface area contributed by atoms with Crippen LogP contribution in [0.1, 0.15) is 23.9 Å². The minimum atomic E-state index is -0.700. The average Bonchev–Trinajstić information content (AvgIpc) is 2.74. The van der Waals surface area contributed by atoms with E-state index in [2.05, 4.69) is 5.32 Å². The Morgan fingerprint density at radius 1 is 1.69 bits per heavy atom. The van der Waals surface area contributed by atoms with Gasteiger partial charge in [0.2, 0.25) is 0 Å².